The van der Waals surface area contributed by atoms with Crippen molar-refractivity contribution in [1.29, 1.82) is 0 Å². The summed E-state index contributed by atoms with van der Waals surface area (Å²) in [5, 5.41) is 11.8. The fourth-order valence-electron chi connectivity index (χ4n) is 2.77. The molecule has 0 spiro atoms. The van der Waals surface area contributed by atoms with E-state index in [1.807, 2.05) is 70.3 Å². The smallest absolute Gasteiger partial charge is 0.266 e. The first kappa shape index (κ1) is 18.6. The van der Waals surface area contributed by atoms with Gasteiger partial charge in [-0.25, -0.2) is 0 Å². The number of hydrogen-bond donors (Lipinski definition) is 0. The van der Waals surface area contributed by atoms with Crippen LogP contribution in [-0.2, 0) is 21.1 Å². The molecular formula is C20H18N4PtSi. The summed E-state index contributed by atoms with van der Waals surface area (Å²) in [6.07, 6.45) is 4.00. The molecule has 2 aromatic carbocycles. The topological polar surface area (TPSA) is 35.6 Å². The Bertz CT molecular complexity index is 897. The molecule has 2 heterocycles. The van der Waals surface area contributed by atoms with Crippen molar-refractivity contribution >= 4 is 18.7 Å². The molecule has 0 aliphatic heterocycles. The van der Waals surface area contributed by atoms with Crippen LogP contribution >= 0.6 is 0 Å². The van der Waals surface area contributed by atoms with Crippen LogP contribution in [0.1, 0.15) is 0 Å². The van der Waals surface area contributed by atoms with Crippen LogP contribution in [0.15, 0.2) is 73.1 Å². The molecule has 0 amide bonds. The van der Waals surface area contributed by atoms with Gasteiger partial charge in [0.15, 0.2) is 8.07 Å². The van der Waals surface area contributed by atoms with Gasteiger partial charge in [0.25, 0.3) is 0 Å². The Labute approximate surface area is 168 Å². The van der Waals surface area contributed by atoms with Gasteiger partial charge in [0.05, 0.1) is 10.6 Å². The summed E-state index contributed by atoms with van der Waals surface area (Å²) in [6, 6.07) is 26.3. The number of benzene rings is 2. The Kier molecular flexibility index (Phi) is 5.40. The van der Waals surface area contributed by atoms with Crippen molar-refractivity contribution < 1.29 is 21.1 Å². The van der Waals surface area contributed by atoms with E-state index in [4.69, 9.17) is 10.2 Å². The van der Waals surface area contributed by atoms with E-state index in [1.165, 1.54) is 0 Å². The molecule has 0 aliphatic rings. The second-order valence-electron chi connectivity index (χ2n) is 6.41. The minimum absolute atomic E-state index is 0. The third-order valence-corrected chi connectivity index (χ3v) is 7.43. The molecule has 0 saturated heterocycles. The Hall–Kier alpha value is -2.23. The summed E-state index contributed by atoms with van der Waals surface area (Å²) in [5.41, 5.74) is 1.89. The van der Waals surface area contributed by atoms with E-state index in [1.54, 1.807) is 0 Å². The molecule has 4 nitrogen and oxygen atoms in total. The van der Waals surface area contributed by atoms with Gasteiger partial charge in [0, 0.05) is 12.4 Å². The Morgan fingerprint density at radius 2 is 1.19 bits per heavy atom. The van der Waals surface area contributed by atoms with E-state index in [-0.39, 0.29) is 21.1 Å². The van der Waals surface area contributed by atoms with E-state index in [0.717, 1.165) is 22.0 Å². The molecule has 26 heavy (non-hydrogen) atoms. The summed E-state index contributed by atoms with van der Waals surface area (Å²) in [6.45, 7) is 4.55. The molecule has 4 aromatic rings. The molecule has 0 atom stereocenters. The summed E-state index contributed by atoms with van der Waals surface area (Å²) in [5.74, 6) is 0. The van der Waals surface area contributed by atoms with Crippen molar-refractivity contribution in [2.75, 3.05) is 0 Å². The van der Waals surface area contributed by atoms with E-state index in [0.29, 0.717) is 0 Å². The van der Waals surface area contributed by atoms with Gasteiger partial charge >= 0.3 is 21.1 Å². The van der Waals surface area contributed by atoms with E-state index >= 15 is 0 Å². The third-order valence-electron chi connectivity index (χ3n) is 4.34. The summed E-state index contributed by atoms with van der Waals surface area (Å²) >= 11 is 0. The van der Waals surface area contributed by atoms with Crippen LogP contribution < -0.4 is 10.6 Å². The largest absolute Gasteiger partial charge is 2.00 e. The molecule has 0 fully saturated rings. The normalized spacial score (nSPS) is 11.2. The Balaban J connectivity index is 0.00000196. The van der Waals surface area contributed by atoms with Crippen LogP contribution in [0.25, 0.3) is 11.4 Å². The van der Waals surface area contributed by atoms with Gasteiger partial charge in [-0.05, 0) is 23.5 Å². The summed E-state index contributed by atoms with van der Waals surface area (Å²) < 4.78 is 3.76. The fourth-order valence-corrected chi connectivity index (χ4v) is 4.73. The zero-order chi connectivity index (χ0) is 17.3. The Morgan fingerprint density at radius 3 is 1.58 bits per heavy atom. The van der Waals surface area contributed by atoms with Crippen molar-refractivity contribution in [2.24, 2.45) is 0 Å². The standard InChI is InChI=1S/C20H18N4Si.Pt/c1-25(2,19-13-15-23(21-19)17-9-5-3-6-10-17)20-14-16-24(22-20)18-11-7-4-8-12-18;/h3-9,11,13-16H,1-2H3;/q-2;+2. The second kappa shape index (κ2) is 7.56. The first-order chi connectivity index (χ1) is 12.1. The molecular weight excluding hydrogens is 519 g/mol. The zero-order valence-corrected chi connectivity index (χ0v) is 17.8. The van der Waals surface area contributed by atoms with Crippen LogP contribution in [0.2, 0.25) is 13.1 Å². The van der Waals surface area contributed by atoms with Gasteiger partial charge in [0.1, 0.15) is 0 Å². The van der Waals surface area contributed by atoms with Crippen LogP contribution in [0, 0.1) is 12.1 Å². The summed E-state index contributed by atoms with van der Waals surface area (Å²) in [4.78, 5) is 0. The molecule has 0 bridgehead atoms. The number of para-hydroxylation sites is 2. The molecule has 0 unspecified atom stereocenters. The second-order valence-corrected chi connectivity index (χ2v) is 10.7. The molecule has 0 saturated carbocycles. The van der Waals surface area contributed by atoms with Crippen LogP contribution in [0.4, 0.5) is 0 Å². The van der Waals surface area contributed by atoms with E-state index in [9.17, 15) is 0 Å². The Morgan fingerprint density at radius 1 is 0.731 bits per heavy atom. The molecule has 2 aromatic heterocycles. The first-order valence-corrected chi connectivity index (χ1v) is 11.2. The van der Waals surface area contributed by atoms with Gasteiger partial charge in [0.2, 0.25) is 0 Å². The van der Waals surface area contributed by atoms with Crippen molar-refractivity contribution in [2.45, 2.75) is 13.1 Å². The fraction of sp³-hybridized carbons (Fsp3) is 0.100. The average Bonchev–Trinajstić information content (AvgIpc) is 3.34. The summed E-state index contributed by atoms with van der Waals surface area (Å²) in [7, 11) is -1.97. The van der Waals surface area contributed by atoms with Gasteiger partial charge in [-0.2, -0.15) is 58.7 Å². The number of hydrogen-bond acceptors (Lipinski definition) is 2. The molecule has 6 heteroatoms. The maximum absolute atomic E-state index is 4.80. The SMILES string of the molecule is C[Si](C)(c1ccn(-c2[c-]cccc2)n1)c1ccn(-c2[c-]cccc2)n1.[Pt+2]. The maximum atomic E-state index is 4.80. The van der Waals surface area contributed by atoms with E-state index < -0.39 is 8.07 Å². The molecule has 0 radical (unpaired) electrons. The average molecular weight is 538 g/mol. The van der Waals surface area contributed by atoms with Gasteiger partial charge in [-0.1, -0.05) is 13.1 Å². The van der Waals surface area contributed by atoms with Gasteiger partial charge in [-0.3, -0.25) is 9.36 Å². The molecule has 0 aliphatic carbocycles. The number of rotatable bonds is 4. The predicted molar refractivity (Wildman–Crippen MR) is 102 cm³/mol. The van der Waals surface area contributed by atoms with Crippen molar-refractivity contribution in [3.63, 3.8) is 0 Å². The first-order valence-electron chi connectivity index (χ1n) is 8.21. The number of nitrogens with zero attached hydrogens (tertiary/aromatic N) is 4. The van der Waals surface area contributed by atoms with Gasteiger partial charge < -0.3 is 0 Å². The third kappa shape index (κ3) is 3.50. The minimum atomic E-state index is -1.97. The maximum Gasteiger partial charge on any atom is 2.00 e. The van der Waals surface area contributed by atoms with E-state index in [2.05, 4.69) is 37.4 Å². The van der Waals surface area contributed by atoms with Gasteiger partial charge in [-0.15, -0.1) is 12.1 Å². The zero-order valence-electron chi connectivity index (χ0n) is 14.5. The van der Waals surface area contributed by atoms with Crippen LogP contribution in [-0.4, -0.2) is 27.6 Å². The molecule has 0 N–H and O–H groups in total. The quantitative estimate of drug-likeness (QED) is 0.296. The monoisotopic (exact) mass is 537 g/mol. The van der Waals surface area contributed by atoms with Crippen LogP contribution in [0.3, 0.4) is 0 Å². The molecule has 4 rings (SSSR count). The molecule has 132 valence electrons. The van der Waals surface area contributed by atoms with Crippen molar-refractivity contribution in [1.82, 2.24) is 19.6 Å². The van der Waals surface area contributed by atoms with Crippen molar-refractivity contribution in [3.8, 4) is 11.4 Å². The van der Waals surface area contributed by atoms with Crippen LogP contribution in [0.5, 0.6) is 0 Å². The predicted octanol–water partition coefficient (Wildman–Crippen LogP) is 2.48. The van der Waals surface area contributed by atoms with Crippen molar-refractivity contribution in [3.05, 3.63) is 85.2 Å². The number of aromatic nitrogens is 4. The minimum Gasteiger partial charge on any atom is -0.266 e.